The van der Waals surface area contributed by atoms with Gasteiger partial charge in [-0.1, -0.05) is 0 Å². The summed E-state index contributed by atoms with van der Waals surface area (Å²) >= 11 is 0. The molecule has 0 saturated carbocycles. The predicted molar refractivity (Wildman–Crippen MR) is 51.0 cm³/mol. The second kappa shape index (κ2) is 8.05. The van der Waals surface area contributed by atoms with Crippen LogP contribution in [-0.4, -0.2) is 37.4 Å². The van der Waals surface area contributed by atoms with Crippen LogP contribution in [0.1, 0.15) is 13.8 Å². The van der Waals surface area contributed by atoms with Crippen LogP contribution in [0.2, 0.25) is 0 Å². The molecule has 0 fully saturated rings. The van der Waals surface area contributed by atoms with Crippen molar-refractivity contribution in [3.63, 3.8) is 0 Å². The fraction of sp³-hybridized carbons (Fsp3) is 0.625. The quantitative estimate of drug-likeness (QED) is 0.178. The van der Waals surface area contributed by atoms with Crippen molar-refractivity contribution in [3.05, 3.63) is 11.8 Å². The van der Waals surface area contributed by atoms with Gasteiger partial charge in [-0.3, -0.25) is 0 Å². The number of carbonyl (C=O) groups excluding carboxylic acids is 1. The molecule has 0 atom stereocenters. The number of carbonyl (C=O) groups is 1. The standard InChI is InChI=1S/C8H12F2O6S.Na/c1-6(2)5-15-3-4-16-7(11)8(9,10)17(12,13)14;/h5H,3-4H2,1-2H3,(H,12,13,14);/q;+1/p-1. The average molecular weight is 296 g/mol. The molecule has 100 valence electrons. The summed E-state index contributed by atoms with van der Waals surface area (Å²) < 4.78 is 63.8. The molecular weight excluding hydrogens is 285 g/mol. The van der Waals surface area contributed by atoms with E-state index in [0.29, 0.717) is 0 Å². The van der Waals surface area contributed by atoms with E-state index in [9.17, 15) is 26.5 Å². The third-order valence-electron chi connectivity index (χ3n) is 1.30. The van der Waals surface area contributed by atoms with E-state index in [1.165, 1.54) is 6.26 Å². The summed E-state index contributed by atoms with van der Waals surface area (Å²) in [6.45, 7) is 2.61. The minimum atomic E-state index is -6.07. The first-order valence-electron chi connectivity index (χ1n) is 4.34. The second-order valence-corrected chi connectivity index (χ2v) is 4.59. The number of allylic oxidation sites excluding steroid dienone is 1. The van der Waals surface area contributed by atoms with E-state index in [4.69, 9.17) is 4.74 Å². The van der Waals surface area contributed by atoms with Crippen LogP contribution in [0.3, 0.4) is 0 Å². The SMILES string of the molecule is CC(C)=COCCOC(=O)C(F)(F)S(=O)(=O)[O-].[Na+]. The van der Waals surface area contributed by atoms with Crippen LogP contribution < -0.4 is 29.6 Å². The molecule has 0 amide bonds. The zero-order chi connectivity index (χ0) is 13.7. The van der Waals surface area contributed by atoms with Gasteiger partial charge in [0.2, 0.25) is 0 Å². The Morgan fingerprint density at radius 3 is 2.22 bits per heavy atom. The molecule has 6 nitrogen and oxygen atoms in total. The molecule has 0 spiro atoms. The molecular formula is C8H11F2NaO6S. The Bertz CT molecular complexity index is 402. The van der Waals surface area contributed by atoms with Crippen molar-refractivity contribution in [1.29, 1.82) is 0 Å². The van der Waals surface area contributed by atoms with Crippen LogP contribution >= 0.6 is 0 Å². The van der Waals surface area contributed by atoms with Crippen molar-refractivity contribution in [2.45, 2.75) is 19.1 Å². The Kier molecular flexibility index (Phi) is 8.99. The van der Waals surface area contributed by atoms with Crippen molar-refractivity contribution < 1.29 is 65.6 Å². The zero-order valence-electron chi connectivity index (χ0n) is 10.1. The molecule has 18 heavy (non-hydrogen) atoms. The zero-order valence-corrected chi connectivity index (χ0v) is 12.9. The fourth-order valence-electron chi connectivity index (χ4n) is 0.594. The number of rotatable bonds is 6. The Morgan fingerprint density at radius 2 is 1.83 bits per heavy atom. The summed E-state index contributed by atoms with van der Waals surface area (Å²) in [6, 6.07) is 0. The number of hydrogen-bond donors (Lipinski definition) is 0. The minimum absolute atomic E-state index is 0. The molecule has 0 aromatic rings. The molecule has 10 heteroatoms. The summed E-state index contributed by atoms with van der Waals surface area (Å²) in [4.78, 5) is 10.6. The first-order valence-corrected chi connectivity index (χ1v) is 5.75. The number of alkyl halides is 2. The summed E-state index contributed by atoms with van der Waals surface area (Å²) in [7, 11) is -6.07. The molecule has 0 radical (unpaired) electrons. The molecule has 0 unspecified atom stereocenters. The van der Waals surface area contributed by atoms with Crippen LogP contribution in [0, 0.1) is 0 Å². The molecule has 0 aliphatic heterocycles. The molecule has 0 aliphatic carbocycles. The summed E-state index contributed by atoms with van der Waals surface area (Å²) in [6.07, 6.45) is 1.30. The normalized spacial score (nSPS) is 11.2. The summed E-state index contributed by atoms with van der Waals surface area (Å²) in [5, 5.41) is -5.08. The van der Waals surface area contributed by atoms with E-state index in [2.05, 4.69) is 4.74 Å². The van der Waals surface area contributed by atoms with E-state index < -0.39 is 27.9 Å². The van der Waals surface area contributed by atoms with Crippen molar-refractivity contribution in [2.75, 3.05) is 13.2 Å². The van der Waals surface area contributed by atoms with Gasteiger partial charge in [0.25, 0.3) is 0 Å². The van der Waals surface area contributed by atoms with Crippen molar-refractivity contribution in [3.8, 4) is 0 Å². The van der Waals surface area contributed by atoms with Gasteiger partial charge in [0.15, 0.2) is 10.1 Å². The number of ether oxygens (including phenoxy) is 2. The monoisotopic (exact) mass is 296 g/mol. The predicted octanol–water partition coefficient (Wildman–Crippen LogP) is -2.39. The molecule has 0 saturated heterocycles. The summed E-state index contributed by atoms with van der Waals surface area (Å²) in [5.74, 6) is -2.41. The third-order valence-corrected chi connectivity index (χ3v) is 2.10. The van der Waals surface area contributed by atoms with Gasteiger partial charge >= 0.3 is 40.8 Å². The van der Waals surface area contributed by atoms with Gasteiger partial charge in [-0.05, 0) is 19.4 Å². The Morgan fingerprint density at radius 1 is 1.33 bits per heavy atom. The van der Waals surface area contributed by atoms with Gasteiger partial charge in [-0.2, -0.15) is 8.78 Å². The van der Waals surface area contributed by atoms with Gasteiger partial charge in [-0.25, -0.2) is 13.2 Å². The molecule has 0 aromatic heterocycles. The number of hydrogen-bond acceptors (Lipinski definition) is 6. The van der Waals surface area contributed by atoms with Crippen LogP contribution in [0.5, 0.6) is 0 Å². The van der Waals surface area contributed by atoms with E-state index >= 15 is 0 Å². The van der Waals surface area contributed by atoms with Gasteiger partial charge in [-0.15, -0.1) is 0 Å². The first kappa shape index (κ1) is 20.1. The van der Waals surface area contributed by atoms with Crippen LogP contribution in [0.25, 0.3) is 0 Å². The van der Waals surface area contributed by atoms with E-state index in [1.54, 1.807) is 13.8 Å². The second-order valence-electron chi connectivity index (χ2n) is 3.17. The van der Waals surface area contributed by atoms with E-state index in [0.717, 1.165) is 5.57 Å². The minimum Gasteiger partial charge on any atom is -0.743 e. The molecule has 0 bridgehead atoms. The molecule has 0 heterocycles. The smallest absolute Gasteiger partial charge is 0.743 e. The molecule has 0 N–H and O–H groups in total. The molecule has 0 rings (SSSR count). The van der Waals surface area contributed by atoms with Crippen molar-refractivity contribution >= 4 is 16.1 Å². The number of esters is 1. The van der Waals surface area contributed by atoms with Crippen molar-refractivity contribution in [2.24, 2.45) is 0 Å². The van der Waals surface area contributed by atoms with E-state index in [-0.39, 0.29) is 36.2 Å². The van der Waals surface area contributed by atoms with Gasteiger partial charge in [0, 0.05) is 0 Å². The maximum absolute atomic E-state index is 12.5. The van der Waals surface area contributed by atoms with Gasteiger partial charge in [0.05, 0.1) is 6.26 Å². The number of halogens is 2. The van der Waals surface area contributed by atoms with Crippen LogP contribution in [0.15, 0.2) is 11.8 Å². The Balaban J connectivity index is 0. The van der Waals surface area contributed by atoms with Crippen molar-refractivity contribution in [1.82, 2.24) is 0 Å². The summed E-state index contributed by atoms with van der Waals surface area (Å²) in [5.41, 5.74) is 0.795. The maximum atomic E-state index is 12.5. The van der Waals surface area contributed by atoms with Crippen LogP contribution in [-0.2, 0) is 24.4 Å². The Hall–Kier alpha value is -0.220. The fourth-order valence-corrected chi connectivity index (χ4v) is 0.857. The largest absolute Gasteiger partial charge is 1.00 e. The molecule has 0 aliphatic rings. The van der Waals surface area contributed by atoms with E-state index in [1.807, 2.05) is 0 Å². The van der Waals surface area contributed by atoms with Gasteiger partial charge in [0.1, 0.15) is 13.2 Å². The first-order chi connectivity index (χ1) is 7.59. The maximum Gasteiger partial charge on any atom is 1.00 e. The van der Waals surface area contributed by atoms with Gasteiger partial charge < -0.3 is 14.0 Å². The third kappa shape index (κ3) is 6.64. The topological polar surface area (TPSA) is 92.7 Å². The average Bonchev–Trinajstić information content (AvgIpc) is 2.14. The van der Waals surface area contributed by atoms with Crippen LogP contribution in [0.4, 0.5) is 8.78 Å². The molecule has 0 aromatic carbocycles. The Labute approximate surface area is 125 Å².